The van der Waals surface area contributed by atoms with E-state index in [1.54, 1.807) is 39.2 Å². The molecule has 0 bridgehead atoms. The molecule has 1 N–H and O–H groups in total. The Labute approximate surface area is 195 Å². The van der Waals surface area contributed by atoms with E-state index in [1.165, 1.54) is 23.2 Å². The van der Waals surface area contributed by atoms with Crippen LogP contribution in [0, 0.1) is 13.8 Å². The largest absolute Gasteiger partial charge is 0.497 e. The Kier molecular flexibility index (Phi) is 7.61. The van der Waals surface area contributed by atoms with Crippen molar-refractivity contribution in [3.8, 4) is 5.75 Å². The first kappa shape index (κ1) is 24.5. The molecule has 176 valence electrons. The number of nitrogens with zero attached hydrogens (tertiary/aromatic N) is 1. The summed E-state index contributed by atoms with van der Waals surface area (Å²) < 4.78 is 38.3. The molecule has 1 heterocycles. The lowest BCUT2D eigenvalue weighted by molar-refractivity contribution is 0.0950. The first-order valence-corrected chi connectivity index (χ1v) is 12.1. The molecule has 7 nitrogen and oxygen atoms in total. The summed E-state index contributed by atoms with van der Waals surface area (Å²) >= 11 is 0. The van der Waals surface area contributed by atoms with E-state index in [2.05, 4.69) is 12.2 Å². The Morgan fingerprint density at radius 3 is 2.24 bits per heavy atom. The van der Waals surface area contributed by atoms with E-state index in [9.17, 15) is 13.2 Å². The molecular weight excluding hydrogens is 440 g/mol. The zero-order chi connectivity index (χ0) is 24.2. The quantitative estimate of drug-likeness (QED) is 0.506. The molecule has 0 aliphatic rings. The fraction of sp³-hybridized carbons (Fsp3) is 0.320. The number of sulfonamides is 1. The number of benzene rings is 2. The van der Waals surface area contributed by atoms with Gasteiger partial charge in [-0.25, -0.2) is 8.42 Å². The Bertz CT molecular complexity index is 1210. The number of hydrogen-bond acceptors (Lipinski definition) is 5. The molecule has 8 heteroatoms. The van der Waals surface area contributed by atoms with Crippen molar-refractivity contribution in [2.45, 2.75) is 45.2 Å². The van der Waals surface area contributed by atoms with Crippen molar-refractivity contribution in [1.82, 2.24) is 9.62 Å². The fourth-order valence-corrected chi connectivity index (χ4v) is 5.20. The minimum Gasteiger partial charge on any atom is -0.497 e. The predicted molar refractivity (Wildman–Crippen MR) is 127 cm³/mol. The van der Waals surface area contributed by atoms with Crippen LogP contribution in [0.2, 0.25) is 0 Å². The van der Waals surface area contributed by atoms with Gasteiger partial charge in [0.05, 0.1) is 24.1 Å². The summed E-state index contributed by atoms with van der Waals surface area (Å²) in [5.74, 6) is 0.703. The monoisotopic (exact) mass is 470 g/mol. The van der Waals surface area contributed by atoms with Gasteiger partial charge < -0.3 is 14.5 Å². The molecule has 0 saturated carbocycles. The first-order chi connectivity index (χ1) is 15.6. The molecule has 2 aromatic carbocycles. The van der Waals surface area contributed by atoms with Gasteiger partial charge in [-0.2, -0.15) is 4.31 Å². The van der Waals surface area contributed by atoms with Crippen LogP contribution in [0.1, 0.15) is 45.3 Å². The molecule has 3 aromatic rings. The van der Waals surface area contributed by atoms with Crippen molar-refractivity contribution < 1.29 is 22.4 Å². The number of carbonyl (C=O) groups excluding carboxylic acids is 1. The Balaban J connectivity index is 1.67. The molecule has 1 amide bonds. The maximum Gasteiger partial charge on any atom is 0.254 e. The van der Waals surface area contributed by atoms with Gasteiger partial charge in [0.15, 0.2) is 0 Å². The van der Waals surface area contributed by atoms with Crippen LogP contribution in [0.3, 0.4) is 0 Å². The molecule has 0 aliphatic heterocycles. The minimum atomic E-state index is -3.77. The number of ether oxygens (including phenoxy) is 1. The summed E-state index contributed by atoms with van der Waals surface area (Å²) in [5, 5.41) is 2.86. The van der Waals surface area contributed by atoms with Crippen LogP contribution in [0.25, 0.3) is 0 Å². The highest BCUT2D eigenvalue weighted by Crippen LogP contribution is 2.28. The van der Waals surface area contributed by atoms with E-state index in [0.717, 1.165) is 12.0 Å². The second kappa shape index (κ2) is 10.2. The van der Waals surface area contributed by atoms with Gasteiger partial charge in [-0.1, -0.05) is 31.2 Å². The fourth-order valence-electron chi connectivity index (χ4n) is 3.66. The van der Waals surface area contributed by atoms with Crippen LogP contribution in [0.4, 0.5) is 0 Å². The smallest absolute Gasteiger partial charge is 0.254 e. The molecule has 3 rings (SSSR count). The second-order valence-corrected chi connectivity index (χ2v) is 9.99. The number of methoxy groups -OCH3 is 1. The summed E-state index contributed by atoms with van der Waals surface area (Å²) in [7, 11) is -0.740. The van der Waals surface area contributed by atoms with Crippen LogP contribution in [0.15, 0.2) is 58.0 Å². The van der Waals surface area contributed by atoms with Crippen molar-refractivity contribution >= 4 is 15.9 Å². The van der Waals surface area contributed by atoms with Gasteiger partial charge >= 0.3 is 0 Å². The lowest BCUT2D eigenvalue weighted by atomic mass is 10.1. The number of nitrogens with one attached hydrogen (secondary N) is 1. The van der Waals surface area contributed by atoms with Crippen LogP contribution in [0.5, 0.6) is 5.75 Å². The van der Waals surface area contributed by atoms with Gasteiger partial charge in [-0.3, -0.25) is 4.79 Å². The lowest BCUT2D eigenvalue weighted by Gasteiger charge is -2.19. The van der Waals surface area contributed by atoms with Crippen molar-refractivity contribution in [3.05, 3.63) is 82.3 Å². The molecule has 33 heavy (non-hydrogen) atoms. The molecule has 0 unspecified atom stereocenters. The van der Waals surface area contributed by atoms with E-state index in [0.29, 0.717) is 34.7 Å². The molecule has 0 atom stereocenters. The second-order valence-electron chi connectivity index (χ2n) is 8.01. The predicted octanol–water partition coefficient (Wildman–Crippen LogP) is 4.22. The van der Waals surface area contributed by atoms with Gasteiger partial charge in [0.2, 0.25) is 10.0 Å². The lowest BCUT2D eigenvalue weighted by Crippen LogP contribution is -2.27. The average molecular weight is 471 g/mol. The van der Waals surface area contributed by atoms with E-state index in [-0.39, 0.29) is 17.3 Å². The van der Waals surface area contributed by atoms with Gasteiger partial charge in [0.25, 0.3) is 5.91 Å². The molecule has 0 spiro atoms. The minimum absolute atomic E-state index is 0.000990. The summed E-state index contributed by atoms with van der Waals surface area (Å²) in [6.07, 6.45) is 2.31. The van der Waals surface area contributed by atoms with Crippen LogP contribution < -0.4 is 10.1 Å². The number of aryl methyl sites for hydroxylation is 3. The van der Waals surface area contributed by atoms with Gasteiger partial charge in [0.1, 0.15) is 17.8 Å². The van der Waals surface area contributed by atoms with Crippen LogP contribution in [-0.2, 0) is 29.5 Å². The van der Waals surface area contributed by atoms with Gasteiger partial charge in [-0.15, -0.1) is 0 Å². The highest BCUT2D eigenvalue weighted by atomic mass is 32.2. The molecule has 0 fully saturated rings. The highest BCUT2D eigenvalue weighted by Gasteiger charge is 2.26. The standard InChI is InChI=1S/C25H30N2O5S/c1-6-19-7-9-20(10-8-19)14-26-25(28)21-13-23(32-16-21)15-27(4)33(29,30)24-17(2)11-22(31-5)12-18(24)3/h7-13,16H,6,14-15H2,1-5H3,(H,26,28). The zero-order valence-electron chi connectivity index (χ0n) is 19.6. The molecule has 1 aromatic heterocycles. The first-order valence-electron chi connectivity index (χ1n) is 10.7. The Hall–Kier alpha value is -3.10. The maximum atomic E-state index is 13.2. The summed E-state index contributed by atoms with van der Waals surface area (Å²) in [6.45, 7) is 5.96. The van der Waals surface area contributed by atoms with Crippen molar-refractivity contribution in [1.29, 1.82) is 0 Å². The molecule has 0 radical (unpaired) electrons. The highest BCUT2D eigenvalue weighted by molar-refractivity contribution is 7.89. The third-order valence-corrected chi connectivity index (χ3v) is 7.63. The number of rotatable bonds is 9. The number of hydrogen-bond donors (Lipinski definition) is 1. The number of carbonyl (C=O) groups is 1. The van der Waals surface area contributed by atoms with Crippen LogP contribution in [-0.4, -0.2) is 32.8 Å². The van der Waals surface area contributed by atoms with Gasteiger partial charge in [0, 0.05) is 13.6 Å². The Morgan fingerprint density at radius 2 is 1.67 bits per heavy atom. The third-order valence-electron chi connectivity index (χ3n) is 5.52. The van der Waals surface area contributed by atoms with Gasteiger partial charge in [-0.05, 0) is 60.7 Å². The van der Waals surface area contributed by atoms with Crippen molar-refractivity contribution in [3.63, 3.8) is 0 Å². The molecular formula is C25H30N2O5S. The number of furan rings is 1. The van der Waals surface area contributed by atoms with Crippen molar-refractivity contribution in [2.24, 2.45) is 0 Å². The Morgan fingerprint density at radius 1 is 1.06 bits per heavy atom. The summed E-state index contributed by atoms with van der Waals surface area (Å²) in [5.41, 5.74) is 3.79. The average Bonchev–Trinajstić information content (AvgIpc) is 3.25. The summed E-state index contributed by atoms with van der Waals surface area (Å²) in [4.78, 5) is 12.7. The van der Waals surface area contributed by atoms with E-state index >= 15 is 0 Å². The van der Waals surface area contributed by atoms with E-state index in [4.69, 9.17) is 9.15 Å². The topological polar surface area (TPSA) is 88.9 Å². The van der Waals surface area contributed by atoms with E-state index < -0.39 is 10.0 Å². The van der Waals surface area contributed by atoms with E-state index in [1.807, 2.05) is 24.3 Å². The molecule has 0 aliphatic carbocycles. The van der Waals surface area contributed by atoms with Crippen molar-refractivity contribution in [2.75, 3.05) is 14.2 Å². The molecule has 0 saturated heterocycles. The van der Waals surface area contributed by atoms with Crippen LogP contribution >= 0.6 is 0 Å². The normalized spacial score (nSPS) is 11.6. The zero-order valence-corrected chi connectivity index (χ0v) is 20.5. The SMILES string of the molecule is CCc1ccc(CNC(=O)c2coc(CN(C)S(=O)(=O)c3c(C)cc(OC)cc3C)c2)cc1. The third kappa shape index (κ3) is 5.64. The maximum absolute atomic E-state index is 13.2. The summed E-state index contributed by atoms with van der Waals surface area (Å²) in [6, 6.07) is 13.0. The number of amides is 1.